The number of rotatable bonds is 6. The molecule has 0 atom stereocenters. The molecule has 112 valence electrons. The van der Waals surface area contributed by atoms with Crippen molar-refractivity contribution >= 4 is 16.0 Å². The summed E-state index contributed by atoms with van der Waals surface area (Å²) < 4.78 is 23.8. The van der Waals surface area contributed by atoms with E-state index in [0.29, 0.717) is 19.0 Å². The topological polar surface area (TPSA) is 88.1 Å². The van der Waals surface area contributed by atoms with Gasteiger partial charge in [-0.2, -0.15) is 0 Å². The molecule has 21 heavy (non-hydrogen) atoms. The van der Waals surface area contributed by atoms with Crippen molar-refractivity contribution in [2.45, 2.75) is 0 Å². The molecule has 0 radical (unpaired) electrons. The Labute approximate surface area is 124 Å². The van der Waals surface area contributed by atoms with Crippen LogP contribution in [0.15, 0.2) is 36.8 Å². The van der Waals surface area contributed by atoms with E-state index in [4.69, 9.17) is 0 Å². The van der Waals surface area contributed by atoms with E-state index < -0.39 is 10.0 Å². The molecular formula is C13H17N5O2S. The van der Waals surface area contributed by atoms with Crippen molar-refractivity contribution in [1.29, 1.82) is 0 Å². The van der Waals surface area contributed by atoms with Crippen molar-refractivity contribution in [3.05, 3.63) is 36.8 Å². The predicted octanol–water partition coefficient (Wildman–Crippen LogP) is 0.842. The molecule has 0 aromatic carbocycles. The van der Waals surface area contributed by atoms with Crippen LogP contribution in [-0.2, 0) is 10.0 Å². The summed E-state index contributed by atoms with van der Waals surface area (Å²) in [6.07, 6.45) is 6.23. The number of likely N-dealkylation sites (N-methyl/N-ethyl adjacent to an activating group) is 1. The van der Waals surface area contributed by atoms with Crippen LogP contribution in [0.25, 0.3) is 11.3 Å². The van der Waals surface area contributed by atoms with E-state index in [-0.39, 0.29) is 0 Å². The van der Waals surface area contributed by atoms with Crippen LogP contribution in [0.3, 0.4) is 0 Å². The summed E-state index contributed by atoms with van der Waals surface area (Å²) in [5.41, 5.74) is 1.73. The second-order valence-electron chi connectivity index (χ2n) is 4.51. The van der Waals surface area contributed by atoms with E-state index in [0.717, 1.165) is 11.3 Å². The Morgan fingerprint density at radius 1 is 1.19 bits per heavy atom. The number of anilines is 1. The van der Waals surface area contributed by atoms with Gasteiger partial charge < -0.3 is 5.32 Å². The van der Waals surface area contributed by atoms with Crippen molar-refractivity contribution in [1.82, 2.24) is 19.3 Å². The third kappa shape index (κ3) is 4.47. The molecule has 0 aliphatic carbocycles. The minimum absolute atomic E-state index is 0.349. The number of aromatic nitrogens is 3. The van der Waals surface area contributed by atoms with Gasteiger partial charge in [0.2, 0.25) is 16.0 Å². The molecule has 2 aromatic rings. The Kier molecular flexibility index (Phi) is 4.81. The average molecular weight is 307 g/mol. The molecule has 7 nitrogen and oxygen atoms in total. The zero-order valence-electron chi connectivity index (χ0n) is 11.9. The summed E-state index contributed by atoms with van der Waals surface area (Å²) in [4.78, 5) is 12.5. The quantitative estimate of drug-likeness (QED) is 0.851. The van der Waals surface area contributed by atoms with Gasteiger partial charge in [0, 0.05) is 44.3 Å². The second kappa shape index (κ2) is 6.59. The largest absolute Gasteiger partial charge is 0.353 e. The van der Waals surface area contributed by atoms with E-state index >= 15 is 0 Å². The molecule has 0 fully saturated rings. The predicted molar refractivity (Wildman–Crippen MR) is 81.2 cm³/mol. The monoisotopic (exact) mass is 307 g/mol. The minimum atomic E-state index is -3.16. The van der Waals surface area contributed by atoms with Crippen LogP contribution in [0.5, 0.6) is 0 Å². The average Bonchev–Trinajstić information content (AvgIpc) is 2.47. The SMILES string of the molecule is CN(CCNc1nccc(-c2ccncc2)n1)S(C)(=O)=O. The van der Waals surface area contributed by atoms with Crippen LogP contribution >= 0.6 is 0 Å². The van der Waals surface area contributed by atoms with Crippen LogP contribution in [0, 0.1) is 0 Å². The zero-order valence-corrected chi connectivity index (χ0v) is 12.7. The number of hydrogen-bond donors (Lipinski definition) is 1. The molecule has 0 unspecified atom stereocenters. The fourth-order valence-electron chi connectivity index (χ4n) is 1.62. The number of hydrogen-bond acceptors (Lipinski definition) is 6. The van der Waals surface area contributed by atoms with E-state index in [1.807, 2.05) is 18.2 Å². The molecule has 0 spiro atoms. The van der Waals surface area contributed by atoms with Crippen LogP contribution in [0.1, 0.15) is 0 Å². The standard InChI is InChI=1S/C13H17N5O2S/c1-18(21(2,19)20)10-9-16-13-15-8-5-12(17-13)11-3-6-14-7-4-11/h3-8H,9-10H2,1-2H3,(H,15,16,17). The molecule has 2 aromatic heterocycles. The van der Waals surface area contributed by atoms with Crippen molar-refractivity contribution in [3.8, 4) is 11.3 Å². The molecule has 0 aliphatic heterocycles. The highest BCUT2D eigenvalue weighted by atomic mass is 32.2. The van der Waals surface area contributed by atoms with Crippen molar-refractivity contribution < 1.29 is 8.42 Å². The van der Waals surface area contributed by atoms with Gasteiger partial charge in [-0.15, -0.1) is 0 Å². The number of nitrogens with one attached hydrogen (secondary N) is 1. The fraction of sp³-hybridized carbons (Fsp3) is 0.308. The third-order valence-electron chi connectivity index (χ3n) is 2.91. The third-order valence-corrected chi connectivity index (χ3v) is 4.22. The van der Waals surface area contributed by atoms with Crippen LogP contribution < -0.4 is 5.32 Å². The first kappa shape index (κ1) is 15.3. The second-order valence-corrected chi connectivity index (χ2v) is 6.60. The van der Waals surface area contributed by atoms with E-state index in [1.165, 1.54) is 17.6 Å². The highest BCUT2D eigenvalue weighted by Gasteiger charge is 2.10. The van der Waals surface area contributed by atoms with Crippen molar-refractivity contribution in [2.75, 3.05) is 31.7 Å². The lowest BCUT2D eigenvalue weighted by atomic mass is 10.2. The van der Waals surface area contributed by atoms with Gasteiger partial charge in [0.25, 0.3) is 0 Å². The fourth-order valence-corrected chi connectivity index (χ4v) is 2.04. The summed E-state index contributed by atoms with van der Waals surface area (Å²) in [7, 11) is -1.63. The molecule has 2 heterocycles. The highest BCUT2D eigenvalue weighted by molar-refractivity contribution is 7.88. The van der Waals surface area contributed by atoms with Gasteiger partial charge in [0.05, 0.1) is 11.9 Å². The number of nitrogens with zero attached hydrogens (tertiary/aromatic N) is 4. The maximum atomic E-state index is 11.3. The van der Waals surface area contributed by atoms with Gasteiger partial charge in [-0.3, -0.25) is 4.98 Å². The highest BCUT2D eigenvalue weighted by Crippen LogP contribution is 2.15. The van der Waals surface area contributed by atoms with Gasteiger partial charge >= 0.3 is 0 Å². The molecule has 0 saturated carbocycles. The molecule has 0 bridgehead atoms. The normalized spacial score (nSPS) is 11.6. The molecule has 0 aliphatic rings. The lowest BCUT2D eigenvalue weighted by Crippen LogP contribution is -2.30. The van der Waals surface area contributed by atoms with E-state index in [1.54, 1.807) is 18.6 Å². The van der Waals surface area contributed by atoms with Crippen molar-refractivity contribution in [3.63, 3.8) is 0 Å². The summed E-state index contributed by atoms with van der Waals surface area (Å²) in [5, 5.41) is 3.01. The van der Waals surface area contributed by atoms with Gasteiger partial charge in [-0.1, -0.05) is 0 Å². The molecule has 0 saturated heterocycles. The van der Waals surface area contributed by atoms with Gasteiger partial charge in [0.1, 0.15) is 0 Å². The van der Waals surface area contributed by atoms with E-state index in [2.05, 4.69) is 20.3 Å². The Morgan fingerprint density at radius 3 is 2.57 bits per heavy atom. The first-order valence-electron chi connectivity index (χ1n) is 6.35. The van der Waals surface area contributed by atoms with Crippen LogP contribution in [0.4, 0.5) is 5.95 Å². The Hall–Kier alpha value is -2.06. The molecule has 8 heteroatoms. The number of pyridine rings is 1. The maximum absolute atomic E-state index is 11.3. The van der Waals surface area contributed by atoms with Gasteiger partial charge in [0.15, 0.2) is 0 Å². The Bertz CT molecular complexity index is 691. The zero-order chi connectivity index (χ0) is 15.3. The minimum Gasteiger partial charge on any atom is -0.353 e. The smallest absolute Gasteiger partial charge is 0.223 e. The Morgan fingerprint density at radius 2 is 1.90 bits per heavy atom. The van der Waals surface area contributed by atoms with E-state index in [9.17, 15) is 8.42 Å². The summed E-state index contributed by atoms with van der Waals surface area (Å²) in [6.45, 7) is 0.783. The summed E-state index contributed by atoms with van der Waals surface area (Å²) in [5.74, 6) is 0.464. The first-order valence-corrected chi connectivity index (χ1v) is 8.20. The molecular weight excluding hydrogens is 290 g/mol. The lowest BCUT2D eigenvalue weighted by Gasteiger charge is -2.14. The van der Waals surface area contributed by atoms with Crippen molar-refractivity contribution in [2.24, 2.45) is 0 Å². The van der Waals surface area contributed by atoms with Gasteiger partial charge in [-0.25, -0.2) is 22.7 Å². The lowest BCUT2D eigenvalue weighted by molar-refractivity contribution is 0.486. The van der Waals surface area contributed by atoms with Crippen LogP contribution in [-0.4, -0.2) is 54.1 Å². The molecule has 0 amide bonds. The number of sulfonamides is 1. The Balaban J connectivity index is 1.99. The summed E-state index contributed by atoms with van der Waals surface area (Å²) >= 11 is 0. The molecule has 1 N–H and O–H groups in total. The maximum Gasteiger partial charge on any atom is 0.223 e. The first-order chi connectivity index (χ1) is 9.97. The van der Waals surface area contributed by atoms with Gasteiger partial charge in [-0.05, 0) is 18.2 Å². The van der Waals surface area contributed by atoms with Crippen LogP contribution in [0.2, 0.25) is 0 Å². The molecule has 2 rings (SSSR count). The summed E-state index contributed by atoms with van der Waals surface area (Å²) in [6, 6.07) is 5.54.